The van der Waals surface area contributed by atoms with Crippen LogP contribution in [0, 0.1) is 11.3 Å². The molecule has 0 unspecified atom stereocenters. The number of nitrogens with zero attached hydrogens (tertiary/aromatic N) is 2. The molecule has 4 rings (SSSR count). The van der Waals surface area contributed by atoms with Crippen LogP contribution in [0.4, 0.5) is 0 Å². The Bertz CT molecular complexity index is 1190. The van der Waals surface area contributed by atoms with Crippen LogP contribution in [0.2, 0.25) is 0 Å². The molecule has 2 atom stereocenters. The van der Waals surface area contributed by atoms with Crippen LogP contribution in [-0.2, 0) is 20.9 Å². The lowest BCUT2D eigenvalue weighted by Crippen LogP contribution is -2.33. The summed E-state index contributed by atoms with van der Waals surface area (Å²) in [5.41, 5.74) is 1.91. The lowest BCUT2D eigenvalue weighted by atomic mass is 9.91. The number of benzene rings is 3. The number of ether oxygens (including phenoxy) is 3. The van der Waals surface area contributed by atoms with Gasteiger partial charge in [-0.15, -0.1) is 0 Å². The van der Waals surface area contributed by atoms with Crippen LogP contribution < -0.4 is 4.74 Å². The molecule has 0 saturated carbocycles. The van der Waals surface area contributed by atoms with Crippen molar-refractivity contribution in [3.05, 3.63) is 77.9 Å². The summed E-state index contributed by atoms with van der Waals surface area (Å²) in [6.07, 6.45) is -0.192. The van der Waals surface area contributed by atoms with Gasteiger partial charge in [-0.05, 0) is 34.0 Å². The largest absolute Gasteiger partial charge is 0.450 e. The Labute approximate surface area is 198 Å². The van der Waals surface area contributed by atoms with Gasteiger partial charge in [0, 0.05) is 25.9 Å². The minimum Gasteiger partial charge on any atom is -0.450 e. The van der Waals surface area contributed by atoms with Crippen LogP contribution in [0.25, 0.3) is 10.8 Å². The summed E-state index contributed by atoms with van der Waals surface area (Å²) in [7, 11) is 1.64. The van der Waals surface area contributed by atoms with E-state index in [1.54, 1.807) is 24.1 Å². The second-order valence-corrected chi connectivity index (χ2v) is 8.09. The number of hydrogen-bond acceptors (Lipinski definition) is 6. The molecule has 33 heavy (non-hydrogen) atoms. The fourth-order valence-electron chi connectivity index (χ4n) is 4.34. The monoisotopic (exact) mass is 460 g/mol. The van der Waals surface area contributed by atoms with Crippen molar-refractivity contribution in [2.45, 2.75) is 31.6 Å². The number of rotatable bonds is 7. The van der Waals surface area contributed by atoms with E-state index in [4.69, 9.17) is 26.4 Å². The molecule has 0 bridgehead atoms. The van der Waals surface area contributed by atoms with Crippen LogP contribution >= 0.6 is 12.2 Å². The minimum absolute atomic E-state index is 0.0420. The Morgan fingerprint density at radius 1 is 1.12 bits per heavy atom. The summed E-state index contributed by atoms with van der Waals surface area (Å²) in [6.45, 7) is 0.691. The maximum absolute atomic E-state index is 13.0. The van der Waals surface area contributed by atoms with Gasteiger partial charge in [0.25, 0.3) is 0 Å². The maximum Gasteiger partial charge on any atom is 0.358 e. The second-order valence-electron chi connectivity index (χ2n) is 7.76. The summed E-state index contributed by atoms with van der Waals surface area (Å²) in [5.74, 6) is 0.481. The first kappa shape index (κ1) is 22.7. The number of methoxy groups -OCH3 is 1. The molecule has 0 aliphatic carbocycles. The normalized spacial score (nSPS) is 17.7. The summed E-state index contributed by atoms with van der Waals surface area (Å²) >= 11 is 5.37. The SMILES string of the molecule is COCc1ccc2ccccc2c1[C@@H]1[C@@H](OC(=S)Oc2ccccc2)CC(=O)N1CCC#N. The molecule has 3 aromatic carbocycles. The minimum atomic E-state index is -0.561. The van der Waals surface area contributed by atoms with Crippen molar-refractivity contribution >= 4 is 34.1 Å². The number of para-hydroxylation sites is 1. The van der Waals surface area contributed by atoms with Gasteiger partial charge in [-0.3, -0.25) is 4.79 Å². The van der Waals surface area contributed by atoms with Crippen molar-refractivity contribution in [1.82, 2.24) is 4.90 Å². The molecule has 1 amide bonds. The molecule has 168 valence electrons. The van der Waals surface area contributed by atoms with E-state index in [0.717, 1.165) is 21.9 Å². The number of carbonyl (C=O) groups is 1. The molecular weight excluding hydrogens is 436 g/mol. The first-order valence-electron chi connectivity index (χ1n) is 10.7. The average Bonchev–Trinajstić information content (AvgIpc) is 3.12. The Morgan fingerprint density at radius 3 is 2.64 bits per heavy atom. The van der Waals surface area contributed by atoms with Crippen molar-refractivity contribution in [2.75, 3.05) is 13.7 Å². The highest BCUT2D eigenvalue weighted by atomic mass is 32.1. The zero-order chi connectivity index (χ0) is 23.2. The van der Waals surface area contributed by atoms with Gasteiger partial charge in [-0.1, -0.05) is 54.6 Å². The van der Waals surface area contributed by atoms with Crippen molar-refractivity contribution < 1.29 is 19.0 Å². The van der Waals surface area contributed by atoms with Crippen molar-refractivity contribution in [3.8, 4) is 11.8 Å². The number of carbonyl (C=O) groups excluding carboxylic acids is 1. The third-order valence-corrected chi connectivity index (χ3v) is 5.88. The van der Waals surface area contributed by atoms with Crippen molar-refractivity contribution in [2.24, 2.45) is 0 Å². The Morgan fingerprint density at radius 2 is 1.88 bits per heavy atom. The van der Waals surface area contributed by atoms with Gasteiger partial charge in [0.2, 0.25) is 5.91 Å². The zero-order valence-corrected chi connectivity index (χ0v) is 19.1. The fourth-order valence-corrected chi connectivity index (χ4v) is 4.56. The zero-order valence-electron chi connectivity index (χ0n) is 18.3. The summed E-state index contributed by atoms with van der Waals surface area (Å²) in [4.78, 5) is 14.8. The van der Waals surface area contributed by atoms with E-state index in [1.807, 2.05) is 54.6 Å². The van der Waals surface area contributed by atoms with Crippen LogP contribution in [0.15, 0.2) is 66.7 Å². The predicted molar refractivity (Wildman–Crippen MR) is 129 cm³/mol. The van der Waals surface area contributed by atoms with Gasteiger partial charge < -0.3 is 19.1 Å². The number of nitriles is 1. The molecule has 1 heterocycles. The van der Waals surface area contributed by atoms with Crippen LogP contribution in [-0.4, -0.2) is 35.8 Å². The number of thiocarbonyl (C=S) groups is 1. The van der Waals surface area contributed by atoms with E-state index in [9.17, 15) is 10.1 Å². The number of fused-ring (bicyclic) bond motifs is 1. The summed E-state index contributed by atoms with van der Waals surface area (Å²) in [5, 5.41) is 11.2. The molecule has 0 N–H and O–H groups in total. The second kappa shape index (κ2) is 10.4. The number of hydrogen-bond donors (Lipinski definition) is 0. The molecule has 0 radical (unpaired) electrons. The first-order chi connectivity index (χ1) is 16.1. The Hall–Kier alpha value is -3.47. The van der Waals surface area contributed by atoms with E-state index in [1.165, 1.54) is 0 Å². The van der Waals surface area contributed by atoms with Crippen molar-refractivity contribution in [3.63, 3.8) is 0 Å². The fraction of sp³-hybridized carbons (Fsp3) is 0.269. The van der Waals surface area contributed by atoms with Crippen LogP contribution in [0.5, 0.6) is 5.75 Å². The summed E-state index contributed by atoms with van der Waals surface area (Å²) < 4.78 is 17.2. The van der Waals surface area contributed by atoms with Gasteiger partial charge in [-0.25, -0.2) is 0 Å². The Kier molecular flexibility index (Phi) is 7.18. The molecule has 1 saturated heterocycles. The van der Waals surface area contributed by atoms with E-state index >= 15 is 0 Å². The first-order valence-corrected chi connectivity index (χ1v) is 11.1. The third kappa shape index (κ3) is 4.98. The molecule has 7 heteroatoms. The van der Waals surface area contributed by atoms with E-state index in [2.05, 4.69) is 6.07 Å². The van der Waals surface area contributed by atoms with Crippen LogP contribution in [0.1, 0.15) is 30.0 Å². The maximum atomic E-state index is 13.0. The Balaban J connectivity index is 1.74. The lowest BCUT2D eigenvalue weighted by molar-refractivity contribution is -0.128. The molecule has 3 aromatic rings. The molecule has 1 aliphatic heterocycles. The lowest BCUT2D eigenvalue weighted by Gasteiger charge is -2.30. The quantitative estimate of drug-likeness (QED) is 0.466. The molecule has 0 spiro atoms. The van der Waals surface area contributed by atoms with Crippen molar-refractivity contribution in [1.29, 1.82) is 5.26 Å². The highest BCUT2D eigenvalue weighted by molar-refractivity contribution is 7.79. The molecular formula is C26H24N2O4S. The van der Waals surface area contributed by atoms with E-state index in [-0.39, 0.29) is 24.0 Å². The van der Waals surface area contributed by atoms with Gasteiger partial charge in [0.05, 0.1) is 31.6 Å². The summed E-state index contributed by atoms with van der Waals surface area (Å²) in [6, 6.07) is 22.9. The van der Waals surface area contributed by atoms with Gasteiger partial charge in [0.1, 0.15) is 11.9 Å². The highest BCUT2D eigenvalue weighted by Gasteiger charge is 2.44. The van der Waals surface area contributed by atoms with E-state index in [0.29, 0.717) is 18.9 Å². The highest BCUT2D eigenvalue weighted by Crippen LogP contribution is 2.41. The standard InChI is InChI=1S/C26H24N2O4S/c1-30-17-19-13-12-18-8-5-6-11-21(18)24(19)25-22(16-23(29)28(25)15-7-14-27)32-26(33)31-20-9-3-2-4-10-20/h2-6,8-13,22,25H,7,15-17H2,1H3/t22-,25-/m0/s1. The van der Waals surface area contributed by atoms with Gasteiger partial charge in [0.15, 0.2) is 0 Å². The predicted octanol–water partition coefficient (Wildman–Crippen LogP) is 4.92. The van der Waals surface area contributed by atoms with E-state index < -0.39 is 12.1 Å². The third-order valence-electron chi connectivity index (χ3n) is 5.70. The molecule has 6 nitrogen and oxygen atoms in total. The topological polar surface area (TPSA) is 71.8 Å². The number of amides is 1. The molecule has 1 aliphatic rings. The molecule has 1 fully saturated rings. The smallest absolute Gasteiger partial charge is 0.358 e. The average molecular weight is 461 g/mol. The molecule has 0 aromatic heterocycles. The van der Waals surface area contributed by atoms with Gasteiger partial charge in [-0.2, -0.15) is 5.26 Å². The number of likely N-dealkylation sites (tertiary alicyclic amines) is 1. The van der Waals surface area contributed by atoms with Gasteiger partial charge >= 0.3 is 5.24 Å². The van der Waals surface area contributed by atoms with Crippen LogP contribution in [0.3, 0.4) is 0 Å².